The minimum absolute atomic E-state index is 0.0270. The van der Waals surface area contributed by atoms with Crippen molar-refractivity contribution in [2.75, 3.05) is 18.9 Å². The molecule has 0 saturated carbocycles. The van der Waals surface area contributed by atoms with Crippen LogP contribution in [-0.4, -0.2) is 29.5 Å². The maximum atomic E-state index is 12.9. The number of halogens is 1. The largest absolute Gasteiger partial charge is 0.357 e. The van der Waals surface area contributed by atoms with Gasteiger partial charge in [0.1, 0.15) is 5.82 Å². The van der Waals surface area contributed by atoms with E-state index < -0.39 is 0 Å². The molecule has 0 spiro atoms. The molecule has 0 aliphatic rings. The molecule has 0 saturated heterocycles. The van der Waals surface area contributed by atoms with Crippen LogP contribution in [0.4, 0.5) is 10.3 Å². The normalized spacial score (nSPS) is 10.6. The second-order valence-corrected chi connectivity index (χ2v) is 7.31. The summed E-state index contributed by atoms with van der Waals surface area (Å²) in [6, 6.07) is 10.3. The van der Waals surface area contributed by atoms with Crippen molar-refractivity contribution in [3.05, 3.63) is 64.4 Å². The van der Waals surface area contributed by atoms with E-state index in [0.717, 1.165) is 26.6 Å². The number of carbonyl (C=O) groups is 1. The first-order valence-electron chi connectivity index (χ1n) is 8.67. The van der Waals surface area contributed by atoms with Crippen LogP contribution in [0.1, 0.15) is 16.0 Å². The van der Waals surface area contributed by atoms with Gasteiger partial charge in [-0.15, -0.1) is 11.3 Å². The maximum absolute atomic E-state index is 12.9. The average molecular weight is 384 g/mol. The van der Waals surface area contributed by atoms with Gasteiger partial charge in [-0.25, -0.2) is 14.4 Å². The highest BCUT2D eigenvalue weighted by atomic mass is 32.1. The van der Waals surface area contributed by atoms with Gasteiger partial charge < -0.3 is 10.6 Å². The molecule has 1 aromatic carbocycles. The Morgan fingerprint density at radius 3 is 2.70 bits per heavy atom. The number of rotatable bonds is 7. The lowest BCUT2D eigenvalue weighted by Crippen LogP contribution is -2.26. The molecule has 3 rings (SSSR count). The van der Waals surface area contributed by atoms with Crippen LogP contribution in [-0.2, 0) is 17.6 Å². The van der Waals surface area contributed by atoms with Crippen LogP contribution in [0.15, 0.2) is 42.6 Å². The van der Waals surface area contributed by atoms with Crippen molar-refractivity contribution < 1.29 is 9.18 Å². The molecule has 2 heterocycles. The molecule has 1 amide bonds. The van der Waals surface area contributed by atoms with Gasteiger partial charge in [0.2, 0.25) is 11.9 Å². The van der Waals surface area contributed by atoms with Crippen LogP contribution in [0.2, 0.25) is 0 Å². The quantitative estimate of drug-likeness (QED) is 0.653. The number of hydrogen-bond acceptors (Lipinski definition) is 5. The number of thiophene rings is 1. The first-order chi connectivity index (χ1) is 13.0. The zero-order valence-electron chi connectivity index (χ0n) is 15.3. The van der Waals surface area contributed by atoms with Crippen molar-refractivity contribution in [3.8, 4) is 10.6 Å². The summed E-state index contributed by atoms with van der Waals surface area (Å²) in [4.78, 5) is 22.9. The van der Waals surface area contributed by atoms with Crippen molar-refractivity contribution >= 4 is 23.2 Å². The first kappa shape index (κ1) is 19.0. The monoisotopic (exact) mass is 384 g/mol. The van der Waals surface area contributed by atoms with Gasteiger partial charge in [-0.3, -0.25) is 4.79 Å². The Bertz CT molecular complexity index is 924. The van der Waals surface area contributed by atoms with Crippen molar-refractivity contribution in [2.45, 2.75) is 19.8 Å². The van der Waals surface area contributed by atoms with Crippen LogP contribution in [0.25, 0.3) is 10.6 Å². The summed E-state index contributed by atoms with van der Waals surface area (Å²) in [5.74, 6) is 0.293. The Balaban J connectivity index is 1.55. The molecule has 0 fully saturated rings. The number of hydrogen-bond donors (Lipinski definition) is 2. The third-order valence-electron chi connectivity index (χ3n) is 4.07. The standard InChI is InChI=1S/C20H21FN4OS/c1-13-12-24-20(22-2)25-19(13)17-8-7-16(27-17)11-18(26)23-10-9-14-3-5-15(21)6-4-14/h3-8,12H,9-11H2,1-2H3,(H,23,26)(H,22,24,25). The number of amides is 1. The van der Waals surface area contributed by atoms with E-state index in [1.165, 1.54) is 12.1 Å². The summed E-state index contributed by atoms with van der Waals surface area (Å²) in [6.45, 7) is 2.50. The topological polar surface area (TPSA) is 66.9 Å². The van der Waals surface area contributed by atoms with E-state index in [4.69, 9.17) is 0 Å². The summed E-state index contributed by atoms with van der Waals surface area (Å²) in [7, 11) is 1.78. The molecular formula is C20H21FN4OS. The highest BCUT2D eigenvalue weighted by Crippen LogP contribution is 2.29. The lowest BCUT2D eigenvalue weighted by Gasteiger charge is -2.05. The highest BCUT2D eigenvalue weighted by Gasteiger charge is 2.11. The highest BCUT2D eigenvalue weighted by molar-refractivity contribution is 7.15. The summed E-state index contributed by atoms with van der Waals surface area (Å²) in [6.07, 6.45) is 2.79. The average Bonchev–Trinajstić information content (AvgIpc) is 3.12. The Hall–Kier alpha value is -2.80. The van der Waals surface area contributed by atoms with Gasteiger partial charge in [0.15, 0.2) is 0 Å². The van der Waals surface area contributed by atoms with E-state index >= 15 is 0 Å². The van der Waals surface area contributed by atoms with Gasteiger partial charge in [0.05, 0.1) is 17.0 Å². The van der Waals surface area contributed by atoms with Gasteiger partial charge in [0.25, 0.3) is 0 Å². The molecule has 0 atom stereocenters. The van der Waals surface area contributed by atoms with Crippen molar-refractivity contribution in [3.63, 3.8) is 0 Å². The fourth-order valence-corrected chi connectivity index (χ4v) is 3.69. The molecule has 0 aliphatic heterocycles. The number of aryl methyl sites for hydroxylation is 1. The number of nitrogens with zero attached hydrogens (tertiary/aromatic N) is 2. The summed E-state index contributed by atoms with van der Waals surface area (Å²) in [5.41, 5.74) is 2.86. The molecule has 0 aliphatic carbocycles. The van der Waals surface area contributed by atoms with Crippen LogP contribution in [0, 0.1) is 12.7 Å². The van der Waals surface area contributed by atoms with Gasteiger partial charge in [-0.05, 0) is 48.7 Å². The van der Waals surface area contributed by atoms with Crippen molar-refractivity contribution in [1.82, 2.24) is 15.3 Å². The second kappa shape index (κ2) is 8.73. The summed E-state index contributed by atoms with van der Waals surface area (Å²) >= 11 is 1.56. The molecule has 2 N–H and O–H groups in total. The second-order valence-electron chi connectivity index (χ2n) is 6.14. The molecule has 0 radical (unpaired) electrons. The molecular weight excluding hydrogens is 363 g/mol. The lowest BCUT2D eigenvalue weighted by atomic mass is 10.1. The van der Waals surface area contributed by atoms with Gasteiger partial charge in [-0.1, -0.05) is 12.1 Å². The predicted molar refractivity (Wildman–Crippen MR) is 106 cm³/mol. The SMILES string of the molecule is CNc1ncc(C)c(-c2ccc(CC(=O)NCCc3ccc(F)cc3)s2)n1. The molecule has 2 aromatic heterocycles. The van der Waals surface area contributed by atoms with Gasteiger partial charge in [-0.2, -0.15) is 0 Å². The first-order valence-corrected chi connectivity index (χ1v) is 9.48. The van der Waals surface area contributed by atoms with Gasteiger partial charge in [0, 0.05) is 24.7 Å². The predicted octanol–water partition coefficient (Wildman–Crippen LogP) is 3.60. The lowest BCUT2D eigenvalue weighted by molar-refractivity contribution is -0.120. The third-order valence-corrected chi connectivity index (χ3v) is 5.17. The molecule has 0 unspecified atom stereocenters. The number of benzene rings is 1. The van der Waals surface area contributed by atoms with Crippen LogP contribution < -0.4 is 10.6 Å². The van der Waals surface area contributed by atoms with Gasteiger partial charge >= 0.3 is 0 Å². The minimum Gasteiger partial charge on any atom is -0.357 e. The van der Waals surface area contributed by atoms with Crippen LogP contribution in [0.3, 0.4) is 0 Å². The van der Waals surface area contributed by atoms with E-state index in [-0.39, 0.29) is 11.7 Å². The fourth-order valence-electron chi connectivity index (χ4n) is 2.63. The molecule has 3 aromatic rings. The maximum Gasteiger partial charge on any atom is 0.225 e. The Kier molecular flexibility index (Phi) is 6.13. The fraction of sp³-hybridized carbons (Fsp3) is 0.250. The Morgan fingerprint density at radius 2 is 1.96 bits per heavy atom. The number of aromatic nitrogens is 2. The molecule has 0 bridgehead atoms. The summed E-state index contributed by atoms with van der Waals surface area (Å²) in [5, 5.41) is 5.85. The number of anilines is 1. The molecule has 7 heteroatoms. The van der Waals surface area contributed by atoms with Crippen molar-refractivity contribution in [1.29, 1.82) is 0 Å². The van der Waals surface area contributed by atoms with E-state index in [2.05, 4.69) is 20.6 Å². The third kappa shape index (κ3) is 5.10. The Morgan fingerprint density at radius 1 is 1.19 bits per heavy atom. The molecule has 27 heavy (non-hydrogen) atoms. The van der Waals surface area contributed by atoms with E-state index in [9.17, 15) is 9.18 Å². The molecule has 5 nitrogen and oxygen atoms in total. The molecule has 140 valence electrons. The zero-order chi connectivity index (χ0) is 19.2. The number of carbonyl (C=O) groups excluding carboxylic acids is 1. The minimum atomic E-state index is -0.253. The number of nitrogens with one attached hydrogen (secondary N) is 2. The smallest absolute Gasteiger partial charge is 0.225 e. The van der Waals surface area contributed by atoms with E-state index in [0.29, 0.717) is 25.3 Å². The van der Waals surface area contributed by atoms with E-state index in [1.807, 2.05) is 19.1 Å². The Labute approximate surface area is 161 Å². The van der Waals surface area contributed by atoms with Crippen LogP contribution in [0.5, 0.6) is 0 Å². The zero-order valence-corrected chi connectivity index (χ0v) is 16.1. The van der Waals surface area contributed by atoms with Crippen LogP contribution >= 0.6 is 11.3 Å². The summed E-state index contributed by atoms with van der Waals surface area (Å²) < 4.78 is 12.9. The van der Waals surface area contributed by atoms with Crippen molar-refractivity contribution in [2.24, 2.45) is 0 Å². The van der Waals surface area contributed by atoms with E-state index in [1.54, 1.807) is 36.7 Å².